The van der Waals surface area contributed by atoms with Gasteiger partial charge >= 0.3 is 0 Å². The first-order chi connectivity index (χ1) is 9.43. The molecule has 1 aliphatic rings. The van der Waals surface area contributed by atoms with E-state index >= 15 is 0 Å². The highest BCUT2D eigenvalue weighted by Gasteiger charge is 2.12. The second-order valence-electron chi connectivity index (χ2n) is 4.69. The number of ether oxygens (including phenoxy) is 4. The van der Waals surface area contributed by atoms with E-state index in [0.29, 0.717) is 52.4 Å². The van der Waals surface area contributed by atoms with Crippen LogP contribution in [0.3, 0.4) is 0 Å². The Hall–Kier alpha value is -0.200. The smallest absolute Gasteiger partial charge is 0.0704 e. The fourth-order valence-corrected chi connectivity index (χ4v) is 2.11. The third-order valence-electron chi connectivity index (χ3n) is 3.11. The Morgan fingerprint density at radius 2 is 1.21 bits per heavy atom. The minimum atomic E-state index is 0.0596. The van der Waals surface area contributed by atoms with Crippen LogP contribution in [-0.2, 0) is 18.9 Å². The molecule has 19 heavy (non-hydrogen) atoms. The number of aliphatic hydroxyl groups is 1. The van der Waals surface area contributed by atoms with Gasteiger partial charge in [0.2, 0.25) is 0 Å². The molecule has 0 aliphatic heterocycles. The number of hydrogen-bond donors (Lipinski definition) is 1. The molecular formula is C14H28O5. The Kier molecular flexibility index (Phi) is 11.4. The van der Waals surface area contributed by atoms with Crippen molar-refractivity contribution in [3.63, 3.8) is 0 Å². The third-order valence-corrected chi connectivity index (χ3v) is 3.11. The van der Waals surface area contributed by atoms with Crippen molar-refractivity contribution in [1.29, 1.82) is 0 Å². The molecule has 0 spiro atoms. The van der Waals surface area contributed by atoms with Crippen molar-refractivity contribution in [2.45, 2.75) is 38.2 Å². The van der Waals surface area contributed by atoms with Gasteiger partial charge in [-0.15, -0.1) is 0 Å². The van der Waals surface area contributed by atoms with E-state index in [1.165, 1.54) is 32.1 Å². The predicted molar refractivity (Wildman–Crippen MR) is 72.4 cm³/mol. The standard InChI is InChI=1S/C14H28O5/c15-6-7-16-8-9-17-10-11-18-12-13-19-14-4-2-1-3-5-14/h14-15H,1-13H2. The van der Waals surface area contributed by atoms with Gasteiger partial charge in [-0.25, -0.2) is 0 Å². The molecule has 1 fully saturated rings. The molecular weight excluding hydrogens is 248 g/mol. The van der Waals surface area contributed by atoms with Crippen molar-refractivity contribution in [3.8, 4) is 0 Å². The highest BCUT2D eigenvalue weighted by Crippen LogP contribution is 2.19. The van der Waals surface area contributed by atoms with Gasteiger partial charge in [0.05, 0.1) is 59.0 Å². The van der Waals surface area contributed by atoms with Crippen molar-refractivity contribution in [2.75, 3.05) is 52.9 Å². The van der Waals surface area contributed by atoms with Gasteiger partial charge in [-0.1, -0.05) is 19.3 Å². The van der Waals surface area contributed by atoms with E-state index in [9.17, 15) is 0 Å². The van der Waals surface area contributed by atoms with Crippen molar-refractivity contribution in [2.24, 2.45) is 0 Å². The molecule has 0 aromatic heterocycles. The van der Waals surface area contributed by atoms with Gasteiger partial charge < -0.3 is 24.1 Å². The van der Waals surface area contributed by atoms with Crippen molar-refractivity contribution < 1.29 is 24.1 Å². The topological polar surface area (TPSA) is 57.2 Å². The number of hydrogen-bond acceptors (Lipinski definition) is 5. The molecule has 0 radical (unpaired) electrons. The molecule has 5 nitrogen and oxygen atoms in total. The molecule has 1 N–H and O–H groups in total. The molecule has 1 aliphatic carbocycles. The van der Waals surface area contributed by atoms with E-state index in [2.05, 4.69) is 0 Å². The summed E-state index contributed by atoms with van der Waals surface area (Å²) in [5.41, 5.74) is 0. The highest BCUT2D eigenvalue weighted by molar-refractivity contribution is 4.64. The first-order valence-corrected chi connectivity index (χ1v) is 7.39. The highest BCUT2D eigenvalue weighted by atomic mass is 16.6. The van der Waals surface area contributed by atoms with E-state index in [-0.39, 0.29) is 6.61 Å². The Morgan fingerprint density at radius 1 is 0.684 bits per heavy atom. The quantitative estimate of drug-likeness (QED) is 0.546. The van der Waals surface area contributed by atoms with Crippen LogP contribution in [0.5, 0.6) is 0 Å². The maximum Gasteiger partial charge on any atom is 0.0704 e. The van der Waals surface area contributed by atoms with Gasteiger partial charge in [0.1, 0.15) is 0 Å². The molecule has 0 bridgehead atoms. The number of aliphatic hydroxyl groups excluding tert-OH is 1. The van der Waals surface area contributed by atoms with E-state index in [4.69, 9.17) is 24.1 Å². The minimum Gasteiger partial charge on any atom is -0.394 e. The van der Waals surface area contributed by atoms with Gasteiger partial charge in [0.15, 0.2) is 0 Å². The van der Waals surface area contributed by atoms with Crippen LogP contribution in [0.4, 0.5) is 0 Å². The zero-order chi connectivity index (χ0) is 13.6. The van der Waals surface area contributed by atoms with Crippen LogP contribution in [0.25, 0.3) is 0 Å². The summed E-state index contributed by atoms with van der Waals surface area (Å²) in [7, 11) is 0. The summed E-state index contributed by atoms with van der Waals surface area (Å²) in [6.07, 6.45) is 6.83. The minimum absolute atomic E-state index is 0.0596. The molecule has 0 aromatic carbocycles. The van der Waals surface area contributed by atoms with Crippen LogP contribution >= 0.6 is 0 Å². The fourth-order valence-electron chi connectivity index (χ4n) is 2.11. The molecule has 0 amide bonds. The Morgan fingerprint density at radius 3 is 1.79 bits per heavy atom. The lowest BCUT2D eigenvalue weighted by Gasteiger charge is -2.21. The average molecular weight is 276 g/mol. The van der Waals surface area contributed by atoms with Crippen LogP contribution in [0.2, 0.25) is 0 Å². The van der Waals surface area contributed by atoms with Gasteiger partial charge in [0, 0.05) is 0 Å². The van der Waals surface area contributed by atoms with E-state index in [1.54, 1.807) is 0 Å². The average Bonchev–Trinajstić information content (AvgIpc) is 2.46. The van der Waals surface area contributed by atoms with Crippen LogP contribution < -0.4 is 0 Å². The van der Waals surface area contributed by atoms with Gasteiger partial charge in [-0.05, 0) is 12.8 Å². The van der Waals surface area contributed by atoms with E-state index in [0.717, 1.165) is 0 Å². The monoisotopic (exact) mass is 276 g/mol. The van der Waals surface area contributed by atoms with Crippen LogP contribution in [0, 0.1) is 0 Å². The first-order valence-electron chi connectivity index (χ1n) is 7.39. The lowest BCUT2D eigenvalue weighted by atomic mass is 9.98. The van der Waals surface area contributed by atoms with E-state index in [1.807, 2.05) is 0 Å². The molecule has 0 atom stereocenters. The lowest BCUT2D eigenvalue weighted by Crippen LogP contribution is -2.19. The summed E-state index contributed by atoms with van der Waals surface area (Å²) in [5, 5.41) is 8.49. The zero-order valence-corrected chi connectivity index (χ0v) is 11.8. The van der Waals surface area contributed by atoms with Gasteiger partial charge in [-0.2, -0.15) is 0 Å². The van der Waals surface area contributed by atoms with Crippen molar-refractivity contribution in [3.05, 3.63) is 0 Å². The molecule has 114 valence electrons. The Labute approximate surface area is 116 Å². The predicted octanol–water partition coefficient (Wildman–Crippen LogP) is 1.38. The molecule has 1 saturated carbocycles. The van der Waals surface area contributed by atoms with Crippen molar-refractivity contribution >= 4 is 0 Å². The maximum atomic E-state index is 8.49. The normalized spacial score (nSPS) is 16.9. The van der Waals surface area contributed by atoms with Crippen LogP contribution in [0.1, 0.15) is 32.1 Å². The third kappa shape index (κ3) is 10.3. The summed E-state index contributed by atoms with van der Waals surface area (Å²) < 4.78 is 21.5. The first kappa shape index (κ1) is 16.9. The van der Waals surface area contributed by atoms with Gasteiger partial charge in [-0.3, -0.25) is 0 Å². The molecule has 0 saturated heterocycles. The summed E-state index contributed by atoms with van der Waals surface area (Å²) in [6.45, 7) is 3.99. The summed E-state index contributed by atoms with van der Waals surface area (Å²) >= 11 is 0. The summed E-state index contributed by atoms with van der Waals surface area (Å²) in [6, 6.07) is 0. The van der Waals surface area contributed by atoms with Crippen LogP contribution in [0.15, 0.2) is 0 Å². The Balaban J connectivity index is 1.71. The molecule has 0 aromatic rings. The van der Waals surface area contributed by atoms with Crippen LogP contribution in [-0.4, -0.2) is 64.1 Å². The fraction of sp³-hybridized carbons (Fsp3) is 1.00. The SMILES string of the molecule is OCCOCCOCCOCCOC1CCCCC1. The molecule has 0 heterocycles. The molecule has 5 heteroatoms. The molecule has 1 rings (SSSR count). The number of rotatable bonds is 12. The Bertz CT molecular complexity index is 183. The second-order valence-corrected chi connectivity index (χ2v) is 4.69. The lowest BCUT2D eigenvalue weighted by molar-refractivity contribution is -0.0279. The summed E-state index contributed by atoms with van der Waals surface area (Å²) in [5.74, 6) is 0. The van der Waals surface area contributed by atoms with E-state index < -0.39 is 0 Å². The van der Waals surface area contributed by atoms with Crippen molar-refractivity contribution in [1.82, 2.24) is 0 Å². The second kappa shape index (κ2) is 12.8. The zero-order valence-electron chi connectivity index (χ0n) is 11.8. The largest absolute Gasteiger partial charge is 0.394 e. The molecule has 0 unspecified atom stereocenters. The maximum absolute atomic E-state index is 8.49. The summed E-state index contributed by atoms with van der Waals surface area (Å²) in [4.78, 5) is 0. The van der Waals surface area contributed by atoms with Gasteiger partial charge in [0.25, 0.3) is 0 Å².